The summed E-state index contributed by atoms with van der Waals surface area (Å²) in [6.45, 7) is 6.50. The molecule has 1 saturated heterocycles. The van der Waals surface area contributed by atoms with Gasteiger partial charge in [0.25, 0.3) is 5.91 Å². The minimum atomic E-state index is -0.177. The Morgan fingerprint density at radius 1 is 1.33 bits per heavy atom. The van der Waals surface area contributed by atoms with E-state index in [2.05, 4.69) is 32.1 Å². The second kappa shape index (κ2) is 7.38. The van der Waals surface area contributed by atoms with Gasteiger partial charge in [0.1, 0.15) is 5.69 Å². The molecule has 6 nitrogen and oxygen atoms in total. The molecule has 0 aliphatic carbocycles. The van der Waals surface area contributed by atoms with Crippen LogP contribution in [0.15, 0.2) is 30.6 Å². The van der Waals surface area contributed by atoms with E-state index in [1.807, 2.05) is 19.1 Å². The minimum absolute atomic E-state index is 0.177. The van der Waals surface area contributed by atoms with Crippen LogP contribution in [0.4, 0.5) is 5.95 Å². The third-order valence-corrected chi connectivity index (χ3v) is 4.22. The van der Waals surface area contributed by atoms with Gasteiger partial charge in [0.15, 0.2) is 0 Å². The zero-order chi connectivity index (χ0) is 16.9. The van der Waals surface area contributed by atoms with E-state index in [4.69, 9.17) is 0 Å². The normalized spacial score (nSPS) is 17.6. The predicted octanol–water partition coefficient (Wildman–Crippen LogP) is 2.35. The molecule has 1 N–H and O–H groups in total. The molecule has 0 spiro atoms. The van der Waals surface area contributed by atoms with Crippen molar-refractivity contribution in [1.29, 1.82) is 0 Å². The highest BCUT2D eigenvalue weighted by atomic mass is 16.1. The van der Waals surface area contributed by atoms with Crippen molar-refractivity contribution < 1.29 is 4.79 Å². The topological polar surface area (TPSA) is 71.0 Å². The highest BCUT2D eigenvalue weighted by Gasteiger charge is 2.20. The summed E-state index contributed by atoms with van der Waals surface area (Å²) in [7, 11) is 0. The van der Waals surface area contributed by atoms with Crippen molar-refractivity contribution in [3.8, 4) is 0 Å². The van der Waals surface area contributed by atoms with Gasteiger partial charge in [0, 0.05) is 37.7 Å². The quantitative estimate of drug-likeness (QED) is 0.934. The maximum Gasteiger partial charge on any atom is 0.270 e. The first-order valence-corrected chi connectivity index (χ1v) is 8.39. The Morgan fingerprint density at radius 3 is 2.88 bits per heavy atom. The zero-order valence-electron chi connectivity index (χ0n) is 14.2. The molecule has 1 aliphatic rings. The number of nitrogens with zero attached hydrogens (tertiary/aromatic N) is 4. The third kappa shape index (κ3) is 4.07. The number of rotatable bonds is 4. The molecule has 1 aliphatic heterocycles. The van der Waals surface area contributed by atoms with Crippen LogP contribution in [-0.2, 0) is 6.54 Å². The molecule has 1 atom stereocenters. The summed E-state index contributed by atoms with van der Waals surface area (Å²) in [6.07, 6.45) is 5.81. The Morgan fingerprint density at radius 2 is 2.12 bits per heavy atom. The third-order valence-electron chi connectivity index (χ3n) is 4.22. The summed E-state index contributed by atoms with van der Waals surface area (Å²) in [6, 6.07) is 5.50. The molecular weight excluding hydrogens is 302 g/mol. The van der Waals surface area contributed by atoms with Crippen LogP contribution in [0, 0.1) is 12.8 Å². The lowest BCUT2D eigenvalue weighted by Gasteiger charge is -2.31. The first-order valence-electron chi connectivity index (χ1n) is 8.39. The Balaban J connectivity index is 1.72. The van der Waals surface area contributed by atoms with Gasteiger partial charge in [-0.05, 0) is 49.4 Å². The Kier molecular flexibility index (Phi) is 5.03. The van der Waals surface area contributed by atoms with Gasteiger partial charge < -0.3 is 10.2 Å². The van der Waals surface area contributed by atoms with Gasteiger partial charge >= 0.3 is 0 Å². The second-order valence-electron chi connectivity index (χ2n) is 6.43. The maximum atomic E-state index is 12.4. The molecule has 1 unspecified atom stereocenters. The largest absolute Gasteiger partial charge is 0.347 e. The molecule has 0 aromatic carbocycles. The molecule has 2 aromatic heterocycles. The van der Waals surface area contributed by atoms with Crippen molar-refractivity contribution in [3.05, 3.63) is 47.5 Å². The number of aromatic nitrogens is 3. The lowest BCUT2D eigenvalue weighted by atomic mass is 10.0. The molecule has 3 rings (SSSR count). The van der Waals surface area contributed by atoms with Gasteiger partial charge in [0.2, 0.25) is 5.95 Å². The molecule has 1 fully saturated rings. The number of hydrogen-bond donors (Lipinski definition) is 1. The summed E-state index contributed by atoms with van der Waals surface area (Å²) in [5, 5.41) is 2.91. The van der Waals surface area contributed by atoms with Crippen LogP contribution >= 0.6 is 0 Å². The van der Waals surface area contributed by atoms with Gasteiger partial charge in [0.05, 0.1) is 0 Å². The number of carbonyl (C=O) groups is 1. The minimum Gasteiger partial charge on any atom is -0.347 e. The van der Waals surface area contributed by atoms with E-state index >= 15 is 0 Å². The zero-order valence-corrected chi connectivity index (χ0v) is 14.2. The van der Waals surface area contributed by atoms with Crippen LogP contribution in [0.1, 0.15) is 41.5 Å². The fourth-order valence-corrected chi connectivity index (χ4v) is 2.96. The van der Waals surface area contributed by atoms with E-state index < -0.39 is 0 Å². The van der Waals surface area contributed by atoms with Crippen molar-refractivity contribution in [2.75, 3.05) is 18.0 Å². The van der Waals surface area contributed by atoms with Crippen molar-refractivity contribution in [1.82, 2.24) is 20.3 Å². The fraction of sp³-hybridized carbons (Fsp3) is 0.444. The van der Waals surface area contributed by atoms with E-state index in [1.165, 1.54) is 6.42 Å². The van der Waals surface area contributed by atoms with Gasteiger partial charge in [-0.1, -0.05) is 6.92 Å². The number of pyridine rings is 1. The molecule has 126 valence electrons. The van der Waals surface area contributed by atoms with Gasteiger partial charge in [-0.2, -0.15) is 0 Å². The molecular formula is C18H23N5O. The smallest absolute Gasteiger partial charge is 0.270 e. The van der Waals surface area contributed by atoms with E-state index in [9.17, 15) is 4.79 Å². The highest BCUT2D eigenvalue weighted by molar-refractivity contribution is 5.92. The average Bonchev–Trinajstić information content (AvgIpc) is 2.60. The fourth-order valence-electron chi connectivity index (χ4n) is 2.96. The molecule has 0 radical (unpaired) electrons. The Hall–Kier alpha value is -2.50. The number of piperidine rings is 1. The van der Waals surface area contributed by atoms with Gasteiger partial charge in [-0.15, -0.1) is 0 Å². The van der Waals surface area contributed by atoms with E-state index in [1.54, 1.807) is 18.5 Å². The predicted molar refractivity (Wildman–Crippen MR) is 92.8 cm³/mol. The van der Waals surface area contributed by atoms with Crippen molar-refractivity contribution >= 4 is 11.9 Å². The van der Waals surface area contributed by atoms with Crippen LogP contribution in [0.3, 0.4) is 0 Å². The Bertz CT molecular complexity index is 704. The molecule has 3 heterocycles. The number of hydrogen-bond acceptors (Lipinski definition) is 5. The summed E-state index contributed by atoms with van der Waals surface area (Å²) < 4.78 is 0. The first-order chi connectivity index (χ1) is 11.6. The van der Waals surface area contributed by atoms with Crippen LogP contribution in [0.25, 0.3) is 0 Å². The summed E-state index contributed by atoms with van der Waals surface area (Å²) >= 11 is 0. The highest BCUT2D eigenvalue weighted by Crippen LogP contribution is 2.20. The second-order valence-corrected chi connectivity index (χ2v) is 6.43. The lowest BCUT2D eigenvalue weighted by Crippen LogP contribution is -2.36. The number of carbonyl (C=O) groups excluding carboxylic acids is 1. The van der Waals surface area contributed by atoms with Gasteiger partial charge in [-0.25, -0.2) is 9.97 Å². The van der Waals surface area contributed by atoms with Crippen molar-refractivity contribution in [3.63, 3.8) is 0 Å². The average molecular weight is 325 g/mol. The monoisotopic (exact) mass is 325 g/mol. The summed E-state index contributed by atoms with van der Waals surface area (Å²) in [5.41, 5.74) is 2.24. The van der Waals surface area contributed by atoms with Gasteiger partial charge in [-0.3, -0.25) is 9.78 Å². The number of amides is 1. The number of aryl methyl sites for hydroxylation is 1. The number of anilines is 1. The molecule has 24 heavy (non-hydrogen) atoms. The van der Waals surface area contributed by atoms with E-state index in [0.29, 0.717) is 24.1 Å². The molecule has 1 amide bonds. The summed E-state index contributed by atoms with van der Waals surface area (Å²) in [5.74, 6) is 1.12. The SMILES string of the molecule is Cc1cc(C(=O)NCc2ccncc2)nc(N2CCCC(C)C2)n1. The van der Waals surface area contributed by atoms with Crippen LogP contribution < -0.4 is 10.2 Å². The standard InChI is InChI=1S/C18H23N5O/c1-13-4-3-9-23(12-13)18-21-14(2)10-16(22-18)17(24)20-11-15-5-7-19-8-6-15/h5-8,10,13H,3-4,9,11-12H2,1-2H3,(H,20,24). The van der Waals surface area contributed by atoms with Crippen LogP contribution in [-0.4, -0.2) is 33.9 Å². The number of nitrogens with one attached hydrogen (secondary N) is 1. The molecule has 6 heteroatoms. The van der Waals surface area contributed by atoms with Crippen molar-refractivity contribution in [2.24, 2.45) is 5.92 Å². The van der Waals surface area contributed by atoms with Crippen LogP contribution in [0.5, 0.6) is 0 Å². The van der Waals surface area contributed by atoms with Crippen molar-refractivity contribution in [2.45, 2.75) is 33.2 Å². The molecule has 2 aromatic rings. The Labute approximate surface area is 142 Å². The van der Waals surface area contributed by atoms with Crippen LogP contribution in [0.2, 0.25) is 0 Å². The first kappa shape index (κ1) is 16.4. The van der Waals surface area contributed by atoms with E-state index in [-0.39, 0.29) is 5.91 Å². The lowest BCUT2D eigenvalue weighted by molar-refractivity contribution is 0.0945. The molecule has 0 bridgehead atoms. The summed E-state index contributed by atoms with van der Waals surface area (Å²) in [4.78, 5) is 27.6. The molecule has 0 saturated carbocycles. The maximum absolute atomic E-state index is 12.4. The van der Waals surface area contributed by atoms with E-state index in [0.717, 1.165) is 30.8 Å².